The number of fused-ring (bicyclic) bond motifs is 1. The summed E-state index contributed by atoms with van der Waals surface area (Å²) in [5.41, 5.74) is 8.54. The van der Waals surface area contributed by atoms with Gasteiger partial charge in [0.15, 0.2) is 5.82 Å². The number of benzene rings is 2. The largest absolute Gasteiger partial charge is 0.399 e. The highest BCUT2D eigenvalue weighted by Crippen LogP contribution is 2.34. The number of imide groups is 1. The third kappa shape index (κ3) is 5.55. The number of urea groups is 1. The minimum absolute atomic E-state index is 0.257. The lowest BCUT2D eigenvalue weighted by atomic mass is 9.88. The van der Waals surface area contributed by atoms with Gasteiger partial charge in [0, 0.05) is 50.7 Å². The van der Waals surface area contributed by atoms with E-state index >= 15 is 0 Å². The number of amides is 3. The van der Waals surface area contributed by atoms with E-state index in [0.717, 1.165) is 56.2 Å². The van der Waals surface area contributed by atoms with Crippen molar-refractivity contribution in [2.24, 2.45) is 13.0 Å². The first kappa shape index (κ1) is 27.7. The Morgan fingerprint density at radius 1 is 0.951 bits per heavy atom. The molecule has 3 saturated heterocycles. The number of carbonyl (C=O) groups is 2. The molecule has 41 heavy (non-hydrogen) atoms. The second-order valence-corrected chi connectivity index (χ2v) is 13.4. The number of piperidine rings is 2. The molecule has 3 N–H and O–H groups in total. The van der Waals surface area contributed by atoms with Crippen molar-refractivity contribution in [2.45, 2.75) is 42.9 Å². The summed E-state index contributed by atoms with van der Waals surface area (Å²) in [7, 11) is -1.59. The molecule has 0 saturated carbocycles. The zero-order valence-corrected chi connectivity index (χ0v) is 24.1. The Balaban J connectivity index is 1.03. The van der Waals surface area contributed by atoms with E-state index < -0.39 is 16.1 Å². The lowest BCUT2D eigenvalue weighted by Gasteiger charge is -2.37. The first-order valence-corrected chi connectivity index (χ1v) is 15.8. The molecule has 0 unspecified atom stereocenters. The fourth-order valence-corrected chi connectivity index (χ4v) is 7.88. The molecule has 0 radical (unpaired) electrons. The summed E-state index contributed by atoms with van der Waals surface area (Å²) < 4.78 is 29.4. The molecule has 11 nitrogen and oxygen atoms in total. The highest BCUT2D eigenvalue weighted by molar-refractivity contribution is 7.89. The first-order chi connectivity index (χ1) is 19.7. The Hall–Kier alpha value is -3.48. The van der Waals surface area contributed by atoms with E-state index in [2.05, 4.69) is 33.5 Å². The van der Waals surface area contributed by atoms with Crippen LogP contribution in [0.2, 0.25) is 0 Å². The second kappa shape index (κ2) is 11.1. The third-order valence-electron chi connectivity index (χ3n) is 8.83. The summed E-state index contributed by atoms with van der Waals surface area (Å²) in [6.07, 6.45) is 4.14. The average molecular weight is 580 g/mol. The molecule has 218 valence electrons. The number of sulfonamides is 1. The standard InChI is InChI=1S/C29H37N7O4S/c1-33-26-18-22(2-7-25(26)28(32-33)36-17-12-27(37)31-29(36)38)21-10-13-34(14-11-21)19-20-8-15-35(16-9-20)41(39,40)24-5-3-23(30)4-6-24/h2-7,18,20-21H,8-17,19,30H2,1H3,(H,31,37,38). The molecule has 12 heteroatoms. The maximum Gasteiger partial charge on any atom is 0.329 e. The van der Waals surface area contributed by atoms with Crippen LogP contribution in [-0.4, -0.2) is 78.6 Å². The maximum atomic E-state index is 13.0. The predicted molar refractivity (Wildman–Crippen MR) is 157 cm³/mol. The van der Waals surface area contributed by atoms with Crippen molar-refractivity contribution in [3.05, 3.63) is 48.0 Å². The molecule has 0 atom stereocenters. The van der Waals surface area contributed by atoms with Crippen LogP contribution in [0.4, 0.5) is 16.3 Å². The van der Waals surface area contributed by atoms with Crippen LogP contribution in [-0.2, 0) is 21.9 Å². The van der Waals surface area contributed by atoms with Crippen molar-refractivity contribution < 1.29 is 18.0 Å². The van der Waals surface area contributed by atoms with Gasteiger partial charge < -0.3 is 10.6 Å². The number of nitrogens with two attached hydrogens (primary N) is 1. The summed E-state index contributed by atoms with van der Waals surface area (Å²) in [4.78, 5) is 28.3. The van der Waals surface area contributed by atoms with E-state index in [4.69, 9.17) is 5.73 Å². The molecule has 6 rings (SSSR count). The van der Waals surface area contributed by atoms with Crippen molar-refractivity contribution in [3.63, 3.8) is 0 Å². The molecule has 3 amide bonds. The summed E-state index contributed by atoms with van der Waals surface area (Å²) in [5, 5.41) is 7.89. The van der Waals surface area contributed by atoms with Crippen LogP contribution in [0, 0.1) is 5.92 Å². The van der Waals surface area contributed by atoms with Crippen LogP contribution in [0.1, 0.15) is 43.6 Å². The van der Waals surface area contributed by atoms with Crippen molar-refractivity contribution in [3.8, 4) is 0 Å². The quantitative estimate of drug-likeness (QED) is 0.429. The highest BCUT2D eigenvalue weighted by atomic mass is 32.2. The number of aromatic nitrogens is 2. The van der Waals surface area contributed by atoms with E-state index in [1.165, 1.54) is 5.56 Å². The van der Waals surface area contributed by atoms with E-state index in [9.17, 15) is 18.0 Å². The number of anilines is 2. The van der Waals surface area contributed by atoms with Gasteiger partial charge in [0.05, 0.1) is 10.4 Å². The molecule has 2 aromatic carbocycles. The number of likely N-dealkylation sites (tertiary alicyclic amines) is 1. The molecule has 0 bridgehead atoms. The SMILES string of the molecule is Cn1nc(N2CCC(=O)NC2=O)c2ccc(C3CCN(CC4CCN(S(=O)(=O)c5ccc(N)cc5)CC4)CC3)cc21. The van der Waals surface area contributed by atoms with Gasteiger partial charge >= 0.3 is 6.03 Å². The van der Waals surface area contributed by atoms with Crippen LogP contribution in [0.5, 0.6) is 0 Å². The van der Waals surface area contributed by atoms with Gasteiger partial charge in [0.25, 0.3) is 0 Å². The predicted octanol–water partition coefficient (Wildman–Crippen LogP) is 2.88. The maximum absolute atomic E-state index is 13.0. The van der Waals surface area contributed by atoms with Crippen molar-refractivity contribution in [2.75, 3.05) is 49.9 Å². The summed E-state index contributed by atoms with van der Waals surface area (Å²) in [6, 6.07) is 12.4. The molecular weight excluding hydrogens is 542 g/mol. The number of rotatable bonds is 6. The van der Waals surface area contributed by atoms with E-state index in [1.54, 1.807) is 33.5 Å². The smallest absolute Gasteiger partial charge is 0.329 e. The molecule has 1 aromatic heterocycles. The van der Waals surface area contributed by atoms with Gasteiger partial charge in [-0.15, -0.1) is 0 Å². The molecule has 3 aromatic rings. The molecule has 3 fully saturated rings. The highest BCUT2D eigenvalue weighted by Gasteiger charge is 2.32. The molecule has 3 aliphatic heterocycles. The average Bonchev–Trinajstić information content (AvgIpc) is 3.29. The number of hydrogen-bond acceptors (Lipinski definition) is 7. The fraction of sp³-hybridized carbons (Fsp3) is 0.483. The van der Waals surface area contributed by atoms with Gasteiger partial charge in [0.1, 0.15) is 0 Å². The fourth-order valence-electron chi connectivity index (χ4n) is 6.41. The summed E-state index contributed by atoms with van der Waals surface area (Å²) in [5.74, 6) is 1.28. The van der Waals surface area contributed by atoms with Crippen LogP contribution in [0.25, 0.3) is 10.9 Å². The number of nitrogen functional groups attached to an aromatic ring is 1. The molecule has 4 heterocycles. The van der Waals surface area contributed by atoms with Gasteiger partial charge in [-0.25, -0.2) is 13.2 Å². The summed E-state index contributed by atoms with van der Waals surface area (Å²) >= 11 is 0. The van der Waals surface area contributed by atoms with Crippen molar-refractivity contribution in [1.82, 2.24) is 24.3 Å². The Morgan fingerprint density at radius 3 is 2.34 bits per heavy atom. The number of aryl methyl sites for hydroxylation is 1. The second-order valence-electron chi connectivity index (χ2n) is 11.5. The Morgan fingerprint density at radius 2 is 1.66 bits per heavy atom. The topological polar surface area (TPSA) is 134 Å². The van der Waals surface area contributed by atoms with Gasteiger partial charge in [-0.2, -0.15) is 9.40 Å². The van der Waals surface area contributed by atoms with E-state index in [1.807, 2.05) is 11.7 Å². The summed E-state index contributed by atoms with van der Waals surface area (Å²) in [6.45, 7) is 4.48. The van der Waals surface area contributed by atoms with Crippen LogP contribution in [0.3, 0.4) is 0 Å². The van der Waals surface area contributed by atoms with Gasteiger partial charge in [-0.3, -0.25) is 19.7 Å². The number of nitrogens with one attached hydrogen (secondary N) is 1. The lowest BCUT2D eigenvalue weighted by molar-refractivity contribution is -0.120. The van der Waals surface area contributed by atoms with Gasteiger partial charge in [-0.1, -0.05) is 6.07 Å². The zero-order chi connectivity index (χ0) is 28.7. The van der Waals surface area contributed by atoms with Crippen LogP contribution in [0.15, 0.2) is 47.4 Å². The first-order valence-electron chi connectivity index (χ1n) is 14.3. The number of hydrogen-bond donors (Lipinski definition) is 2. The zero-order valence-electron chi connectivity index (χ0n) is 23.3. The van der Waals surface area contributed by atoms with Crippen molar-refractivity contribution in [1.29, 1.82) is 0 Å². The molecule has 3 aliphatic rings. The lowest BCUT2D eigenvalue weighted by Crippen LogP contribution is -2.49. The van der Waals surface area contributed by atoms with Gasteiger partial charge in [0.2, 0.25) is 15.9 Å². The van der Waals surface area contributed by atoms with Crippen LogP contribution < -0.4 is 16.0 Å². The van der Waals surface area contributed by atoms with E-state index in [0.29, 0.717) is 47.9 Å². The van der Waals surface area contributed by atoms with E-state index in [-0.39, 0.29) is 12.3 Å². The normalized spacial score (nSPS) is 20.6. The molecular formula is C29H37N7O4S. The Bertz CT molecular complexity index is 1550. The number of nitrogens with zero attached hydrogens (tertiary/aromatic N) is 5. The van der Waals surface area contributed by atoms with Gasteiger partial charge in [-0.05, 0) is 92.6 Å². The monoisotopic (exact) mass is 579 g/mol. The number of carbonyl (C=O) groups excluding carboxylic acids is 2. The molecule has 0 aliphatic carbocycles. The minimum atomic E-state index is -3.48. The van der Waals surface area contributed by atoms with Crippen LogP contribution >= 0.6 is 0 Å². The Kier molecular flexibility index (Phi) is 7.47. The Labute approximate surface area is 240 Å². The molecule has 0 spiro atoms. The third-order valence-corrected chi connectivity index (χ3v) is 10.7. The van der Waals surface area contributed by atoms with Crippen molar-refractivity contribution >= 4 is 44.4 Å². The minimum Gasteiger partial charge on any atom is -0.399 e.